The van der Waals surface area contributed by atoms with Crippen molar-refractivity contribution in [3.63, 3.8) is 0 Å². The summed E-state index contributed by atoms with van der Waals surface area (Å²) < 4.78 is 0. The number of hydrogen-bond donors (Lipinski definition) is 0. The summed E-state index contributed by atoms with van der Waals surface area (Å²) >= 11 is 0. The molecule has 0 unspecified atom stereocenters. The van der Waals surface area contributed by atoms with Gasteiger partial charge in [0, 0.05) is 5.92 Å². The Morgan fingerprint density at radius 3 is 2.20 bits per heavy atom. The van der Waals surface area contributed by atoms with Gasteiger partial charge >= 0.3 is 0 Å². The van der Waals surface area contributed by atoms with Gasteiger partial charge in [0.05, 0.1) is 0 Å². The lowest BCUT2D eigenvalue weighted by Crippen LogP contribution is -2.00. The summed E-state index contributed by atoms with van der Waals surface area (Å²) in [4.78, 5) is 3.45. The van der Waals surface area contributed by atoms with Gasteiger partial charge in [-0.1, -0.05) is 25.7 Å². The highest BCUT2D eigenvalue weighted by atomic mass is 14.6. The topological polar surface area (TPSA) is 4.36 Å². The first kappa shape index (κ1) is 7.60. The van der Waals surface area contributed by atoms with Gasteiger partial charge in [-0.15, -0.1) is 0 Å². The molecule has 0 atom stereocenters. The van der Waals surface area contributed by atoms with Gasteiger partial charge in [0.15, 0.2) is 0 Å². The monoisotopic (exact) mass is 137 g/mol. The van der Waals surface area contributed by atoms with E-state index in [1.165, 1.54) is 38.5 Å². The lowest BCUT2D eigenvalue weighted by Gasteiger charge is -2.04. The van der Waals surface area contributed by atoms with Crippen LogP contribution in [0.3, 0.4) is 0 Å². The van der Waals surface area contributed by atoms with Gasteiger partial charge in [0.25, 0.3) is 0 Å². The molecule has 1 fully saturated rings. The van der Waals surface area contributed by atoms with Gasteiger partial charge in [0.2, 0.25) is 6.54 Å². The number of nitrogens with zero attached hydrogens (tertiary/aromatic N) is 1. The smallest absolute Gasteiger partial charge is 0.217 e. The van der Waals surface area contributed by atoms with Gasteiger partial charge < -0.3 is 4.85 Å². The van der Waals surface area contributed by atoms with Crippen LogP contribution in [0.2, 0.25) is 0 Å². The standard InChI is InChI=1S/C9H15N/c1-10-8-9-6-4-2-3-5-7-9/h9H,2-8H2. The number of rotatable bonds is 1. The SMILES string of the molecule is [C-]#[N+]CC1CCCCCC1. The molecule has 0 bridgehead atoms. The molecule has 0 aromatic rings. The zero-order valence-electron chi connectivity index (χ0n) is 6.47. The molecule has 1 saturated carbocycles. The Labute approximate surface area is 63.3 Å². The molecule has 0 spiro atoms. The van der Waals surface area contributed by atoms with E-state index in [4.69, 9.17) is 6.57 Å². The van der Waals surface area contributed by atoms with E-state index in [9.17, 15) is 0 Å². The van der Waals surface area contributed by atoms with E-state index in [1.807, 2.05) is 0 Å². The summed E-state index contributed by atoms with van der Waals surface area (Å²) in [7, 11) is 0. The van der Waals surface area contributed by atoms with Crippen molar-refractivity contribution in [2.45, 2.75) is 38.5 Å². The van der Waals surface area contributed by atoms with E-state index in [-0.39, 0.29) is 0 Å². The predicted molar refractivity (Wildman–Crippen MR) is 42.7 cm³/mol. The molecule has 0 radical (unpaired) electrons. The Hall–Kier alpha value is -0.510. The minimum atomic E-state index is 0.736. The molecule has 10 heavy (non-hydrogen) atoms. The average molecular weight is 137 g/mol. The first-order chi connectivity index (χ1) is 4.93. The van der Waals surface area contributed by atoms with Gasteiger partial charge in [-0.2, -0.15) is 0 Å². The van der Waals surface area contributed by atoms with Crippen LogP contribution >= 0.6 is 0 Å². The van der Waals surface area contributed by atoms with Crippen molar-refractivity contribution in [1.82, 2.24) is 0 Å². The molecule has 1 aliphatic rings. The summed E-state index contributed by atoms with van der Waals surface area (Å²) in [6, 6.07) is 0. The molecule has 1 nitrogen and oxygen atoms in total. The van der Waals surface area contributed by atoms with Crippen LogP contribution in [0.5, 0.6) is 0 Å². The van der Waals surface area contributed by atoms with Crippen LogP contribution in [0, 0.1) is 12.5 Å². The molecule has 1 heteroatoms. The quantitative estimate of drug-likeness (QED) is 0.386. The largest absolute Gasteiger partial charge is 0.317 e. The third-order valence-electron chi connectivity index (χ3n) is 2.32. The third-order valence-corrected chi connectivity index (χ3v) is 2.32. The second-order valence-electron chi connectivity index (χ2n) is 3.20. The third kappa shape index (κ3) is 2.39. The Balaban J connectivity index is 2.23. The van der Waals surface area contributed by atoms with Crippen LogP contribution in [0.4, 0.5) is 0 Å². The summed E-state index contributed by atoms with van der Waals surface area (Å²) in [5.41, 5.74) is 0. The lowest BCUT2D eigenvalue weighted by molar-refractivity contribution is 0.493. The molecule has 0 amide bonds. The Kier molecular flexibility index (Phi) is 3.29. The van der Waals surface area contributed by atoms with Crippen LogP contribution in [0.1, 0.15) is 38.5 Å². The van der Waals surface area contributed by atoms with E-state index in [0.717, 1.165) is 12.5 Å². The van der Waals surface area contributed by atoms with Crippen LogP contribution in [-0.2, 0) is 0 Å². The fraction of sp³-hybridized carbons (Fsp3) is 0.889. The van der Waals surface area contributed by atoms with Crippen LogP contribution in [0.25, 0.3) is 4.85 Å². The van der Waals surface area contributed by atoms with Crippen molar-refractivity contribution in [2.24, 2.45) is 5.92 Å². The maximum atomic E-state index is 6.74. The molecule has 0 aromatic carbocycles. The molecule has 0 saturated heterocycles. The molecule has 0 N–H and O–H groups in total. The Morgan fingerprint density at radius 2 is 1.70 bits per heavy atom. The molecule has 0 heterocycles. The van der Waals surface area contributed by atoms with E-state index in [1.54, 1.807) is 0 Å². The molecular weight excluding hydrogens is 122 g/mol. The first-order valence-electron chi connectivity index (χ1n) is 4.26. The van der Waals surface area contributed by atoms with Gasteiger partial charge in [-0.25, -0.2) is 6.57 Å². The summed E-state index contributed by atoms with van der Waals surface area (Å²) in [5.74, 6) is 0.736. The lowest BCUT2D eigenvalue weighted by atomic mass is 10.0. The molecule has 56 valence electrons. The highest BCUT2D eigenvalue weighted by Crippen LogP contribution is 2.22. The highest BCUT2D eigenvalue weighted by molar-refractivity contribution is 4.72. The Morgan fingerprint density at radius 1 is 1.10 bits per heavy atom. The molecular formula is C9H15N. The maximum absolute atomic E-state index is 6.74. The summed E-state index contributed by atoms with van der Waals surface area (Å²) in [6.45, 7) is 7.51. The van der Waals surface area contributed by atoms with Crippen molar-refractivity contribution in [1.29, 1.82) is 0 Å². The fourth-order valence-corrected chi connectivity index (χ4v) is 1.68. The second-order valence-corrected chi connectivity index (χ2v) is 3.20. The van der Waals surface area contributed by atoms with E-state index >= 15 is 0 Å². The zero-order chi connectivity index (χ0) is 7.23. The molecule has 1 aliphatic carbocycles. The van der Waals surface area contributed by atoms with Gasteiger partial charge in [0.1, 0.15) is 0 Å². The fourth-order valence-electron chi connectivity index (χ4n) is 1.68. The zero-order valence-corrected chi connectivity index (χ0v) is 6.47. The molecule has 1 rings (SSSR count). The van der Waals surface area contributed by atoms with Crippen molar-refractivity contribution in [2.75, 3.05) is 6.54 Å². The molecule has 0 aliphatic heterocycles. The average Bonchev–Trinajstić information content (AvgIpc) is 2.17. The maximum Gasteiger partial charge on any atom is 0.217 e. The first-order valence-corrected chi connectivity index (χ1v) is 4.26. The van der Waals surface area contributed by atoms with Crippen molar-refractivity contribution < 1.29 is 0 Å². The van der Waals surface area contributed by atoms with E-state index in [0.29, 0.717) is 0 Å². The summed E-state index contributed by atoms with van der Waals surface area (Å²) in [5, 5.41) is 0. The van der Waals surface area contributed by atoms with Crippen LogP contribution in [0.15, 0.2) is 0 Å². The van der Waals surface area contributed by atoms with Gasteiger partial charge in [-0.3, -0.25) is 0 Å². The normalized spacial score (nSPS) is 21.5. The van der Waals surface area contributed by atoms with Crippen molar-refractivity contribution in [3.8, 4) is 0 Å². The highest BCUT2D eigenvalue weighted by Gasteiger charge is 2.13. The van der Waals surface area contributed by atoms with E-state index < -0.39 is 0 Å². The molecule has 0 aromatic heterocycles. The minimum Gasteiger partial charge on any atom is -0.317 e. The summed E-state index contributed by atoms with van der Waals surface area (Å²) in [6.07, 6.45) is 8.13. The van der Waals surface area contributed by atoms with Crippen LogP contribution in [-0.4, -0.2) is 6.54 Å². The van der Waals surface area contributed by atoms with E-state index in [2.05, 4.69) is 4.85 Å². The Bertz CT molecular complexity index is 115. The number of hydrogen-bond acceptors (Lipinski definition) is 0. The second kappa shape index (κ2) is 4.33. The van der Waals surface area contributed by atoms with Crippen molar-refractivity contribution >= 4 is 0 Å². The van der Waals surface area contributed by atoms with Crippen molar-refractivity contribution in [3.05, 3.63) is 11.4 Å². The van der Waals surface area contributed by atoms with Crippen LogP contribution < -0.4 is 0 Å². The van der Waals surface area contributed by atoms with Gasteiger partial charge in [-0.05, 0) is 12.8 Å². The predicted octanol–water partition coefficient (Wildman–Crippen LogP) is 2.88. The minimum absolute atomic E-state index is 0.736.